The lowest BCUT2D eigenvalue weighted by molar-refractivity contribution is -0.128. The molecule has 0 aromatic rings. The summed E-state index contributed by atoms with van der Waals surface area (Å²) < 4.78 is 35.6. The van der Waals surface area contributed by atoms with Gasteiger partial charge in [-0.15, -0.1) is 56.4 Å². The van der Waals surface area contributed by atoms with Crippen LogP contribution in [0.3, 0.4) is 0 Å². The minimum atomic E-state index is -4.65. The second-order valence-electron chi connectivity index (χ2n) is 1.89. The Morgan fingerprint density at radius 2 is 1.33 bits per heavy atom. The van der Waals surface area contributed by atoms with Gasteiger partial charge in [-0.1, -0.05) is 0 Å². The molecule has 0 heterocycles. The molecular weight excluding hydrogens is 298 g/mol. The normalized spacial score (nSPS) is 19.0. The molecule has 0 aliphatic carbocycles. The Labute approximate surface area is 92.0 Å². The molecule has 2 atom stereocenters. The smallest absolute Gasteiger partial charge is 0.169 e. The second-order valence-corrected chi connectivity index (χ2v) is 12.0. The highest BCUT2D eigenvalue weighted by molar-refractivity contribution is 7.66. The van der Waals surface area contributed by atoms with E-state index in [1.165, 1.54) is 0 Å². The molecule has 12 heavy (non-hydrogen) atoms. The van der Waals surface area contributed by atoms with Crippen LogP contribution in [0.4, 0.5) is 13.2 Å². The van der Waals surface area contributed by atoms with Crippen LogP contribution in [0.25, 0.3) is 0 Å². The third-order valence-corrected chi connectivity index (χ3v) is 7.04. The summed E-state index contributed by atoms with van der Waals surface area (Å²) in [5.41, 5.74) is 0. The van der Waals surface area contributed by atoms with Crippen molar-refractivity contribution in [3.8, 4) is 0 Å². The van der Waals surface area contributed by atoms with Crippen molar-refractivity contribution in [2.75, 3.05) is 0 Å². The zero-order chi connectivity index (χ0) is 10.2. The number of hydrogen-bond acceptors (Lipinski definition) is 0. The van der Waals surface area contributed by atoms with E-state index < -0.39 is 22.6 Å². The van der Waals surface area contributed by atoms with E-state index in [0.717, 1.165) is 0 Å². The fourth-order valence-corrected chi connectivity index (χ4v) is 3.28. The Balaban J connectivity index is 4.41. The fraction of sp³-hybridized carbons (Fsp3) is 1.00. The van der Waals surface area contributed by atoms with Crippen molar-refractivity contribution in [2.45, 2.75) is 16.6 Å². The van der Waals surface area contributed by atoms with Gasteiger partial charge in [-0.25, -0.2) is 0 Å². The molecule has 0 rings (SSSR count). The zero-order valence-corrected chi connectivity index (χ0v) is 9.96. The van der Waals surface area contributed by atoms with Crippen LogP contribution in [0.2, 0.25) is 0 Å². The van der Waals surface area contributed by atoms with E-state index in [1.807, 2.05) is 0 Å². The monoisotopic (exact) mass is 298 g/mol. The Kier molecular flexibility index (Phi) is 4.84. The molecule has 0 saturated carbocycles. The zero-order valence-electron chi connectivity index (χ0n) is 5.18. The van der Waals surface area contributed by atoms with Crippen LogP contribution >= 0.6 is 56.4 Å². The third-order valence-electron chi connectivity index (χ3n) is 0.882. The van der Waals surface area contributed by atoms with Gasteiger partial charge in [-0.05, 0) is 0 Å². The van der Waals surface area contributed by atoms with E-state index in [9.17, 15) is 13.2 Å². The second kappa shape index (κ2) is 4.32. The summed E-state index contributed by atoms with van der Waals surface area (Å²) in [5, 5.41) is -4.00. The summed E-state index contributed by atoms with van der Waals surface area (Å²) in [6.45, 7) is 0. The van der Waals surface area contributed by atoms with Crippen LogP contribution < -0.4 is 0 Å². The standard InChI is InChI=1S/C3H2Cl5F3Si/c4-1(3(9,10)11)2(5)12(6,7)8/h1-2H/t1-,2-/m1/s1. The molecule has 0 saturated heterocycles. The lowest BCUT2D eigenvalue weighted by Gasteiger charge is -2.22. The maximum absolute atomic E-state index is 11.9. The van der Waals surface area contributed by atoms with Crippen molar-refractivity contribution in [1.29, 1.82) is 0 Å². The molecule has 0 fully saturated rings. The van der Waals surface area contributed by atoms with E-state index in [0.29, 0.717) is 0 Å². The number of hydrogen-bond donors (Lipinski definition) is 0. The van der Waals surface area contributed by atoms with Gasteiger partial charge in [0.1, 0.15) is 5.38 Å². The molecule has 0 radical (unpaired) electrons. The van der Waals surface area contributed by atoms with E-state index in [1.54, 1.807) is 0 Å². The molecule has 0 bridgehead atoms. The van der Waals surface area contributed by atoms with Crippen LogP contribution in [-0.4, -0.2) is 22.6 Å². The van der Waals surface area contributed by atoms with Crippen molar-refractivity contribution in [3.63, 3.8) is 0 Å². The van der Waals surface area contributed by atoms with Crippen molar-refractivity contribution in [2.24, 2.45) is 0 Å². The average Bonchev–Trinajstić information content (AvgIpc) is 1.80. The first-order valence-electron chi connectivity index (χ1n) is 2.48. The van der Waals surface area contributed by atoms with Crippen LogP contribution in [0, 0.1) is 0 Å². The van der Waals surface area contributed by atoms with Crippen molar-refractivity contribution in [1.82, 2.24) is 0 Å². The van der Waals surface area contributed by atoms with Gasteiger partial charge in [0.2, 0.25) is 0 Å². The topological polar surface area (TPSA) is 0 Å². The highest BCUT2D eigenvalue weighted by Crippen LogP contribution is 2.38. The first-order chi connectivity index (χ1) is 5.07. The first-order valence-corrected chi connectivity index (χ1v) is 8.47. The van der Waals surface area contributed by atoms with Crippen LogP contribution in [-0.2, 0) is 0 Å². The molecule has 0 spiro atoms. The first kappa shape index (κ1) is 13.5. The lowest BCUT2D eigenvalue weighted by atomic mass is 10.5. The van der Waals surface area contributed by atoms with E-state index in [2.05, 4.69) is 0 Å². The molecule has 0 aromatic heterocycles. The van der Waals surface area contributed by atoms with Crippen LogP contribution in [0.1, 0.15) is 0 Å². The minimum absolute atomic E-state index is 1.68. The quantitative estimate of drug-likeness (QED) is 0.411. The average molecular weight is 300 g/mol. The molecule has 0 aromatic carbocycles. The molecule has 0 aliphatic heterocycles. The molecule has 0 aliphatic rings. The van der Waals surface area contributed by atoms with Crippen LogP contribution in [0.5, 0.6) is 0 Å². The summed E-state index contributed by atoms with van der Waals surface area (Å²) in [4.78, 5) is 0. The summed E-state index contributed by atoms with van der Waals surface area (Å²) in [7, 11) is 0. The number of rotatable bonds is 2. The van der Waals surface area contributed by atoms with Crippen molar-refractivity contribution in [3.05, 3.63) is 0 Å². The number of alkyl halides is 5. The van der Waals surface area contributed by atoms with Crippen molar-refractivity contribution < 1.29 is 13.2 Å². The van der Waals surface area contributed by atoms with Gasteiger partial charge < -0.3 is 0 Å². The summed E-state index contributed by atoms with van der Waals surface area (Å²) >= 11 is 25.8. The van der Waals surface area contributed by atoms with Gasteiger partial charge in [-0.2, -0.15) is 13.2 Å². The Morgan fingerprint density at radius 3 is 1.42 bits per heavy atom. The van der Waals surface area contributed by atoms with Crippen LogP contribution in [0.15, 0.2) is 0 Å². The molecule has 0 nitrogen and oxygen atoms in total. The van der Waals surface area contributed by atoms with Crippen molar-refractivity contribution >= 4 is 62.4 Å². The van der Waals surface area contributed by atoms with E-state index in [-0.39, 0.29) is 0 Å². The Morgan fingerprint density at radius 1 is 1.00 bits per heavy atom. The van der Waals surface area contributed by atoms with Gasteiger partial charge in [-0.3, -0.25) is 0 Å². The molecular formula is C3H2Cl5F3Si. The summed E-state index contributed by atoms with van der Waals surface area (Å²) in [6.07, 6.45) is -4.65. The molecule has 9 heteroatoms. The minimum Gasteiger partial charge on any atom is -0.169 e. The number of halogens is 8. The molecule has 0 amide bonds. The third kappa shape index (κ3) is 4.11. The van der Waals surface area contributed by atoms with E-state index in [4.69, 9.17) is 56.4 Å². The SMILES string of the molecule is FC(F)(F)[C@H](Cl)[C@H](Cl)[Si](Cl)(Cl)Cl. The maximum atomic E-state index is 11.9. The van der Waals surface area contributed by atoms with Gasteiger partial charge in [0.05, 0.1) is 5.00 Å². The van der Waals surface area contributed by atoms with Gasteiger partial charge in [0.15, 0.2) is 0 Å². The Hall–Kier alpha value is 1.46. The summed E-state index contributed by atoms with van der Waals surface area (Å²) in [5.74, 6) is 0. The molecule has 0 N–H and O–H groups in total. The maximum Gasteiger partial charge on any atom is 0.406 e. The van der Waals surface area contributed by atoms with Gasteiger partial charge in [0, 0.05) is 0 Å². The lowest BCUT2D eigenvalue weighted by Crippen LogP contribution is -2.42. The van der Waals surface area contributed by atoms with Gasteiger partial charge >= 0.3 is 12.2 Å². The van der Waals surface area contributed by atoms with Gasteiger partial charge in [0.25, 0.3) is 0 Å². The van der Waals surface area contributed by atoms with E-state index >= 15 is 0 Å². The molecule has 0 unspecified atom stereocenters. The Bertz CT molecular complexity index is 135. The highest BCUT2D eigenvalue weighted by Gasteiger charge is 2.51. The highest BCUT2D eigenvalue weighted by atomic mass is 35.8. The predicted molar refractivity (Wildman–Crippen MR) is 48.7 cm³/mol. The fourth-order valence-electron chi connectivity index (χ4n) is 0.332. The summed E-state index contributed by atoms with van der Waals surface area (Å²) in [6, 6.07) is -3.60. The largest absolute Gasteiger partial charge is 0.406 e. The predicted octanol–water partition coefficient (Wildman–Crippen LogP) is 3.96. The molecule has 74 valence electrons.